The first-order valence-electron chi connectivity index (χ1n) is 5.63. The molecule has 0 saturated carbocycles. The maximum atomic E-state index is 13.0. The van der Waals surface area contributed by atoms with Crippen molar-refractivity contribution in [1.29, 1.82) is 0 Å². The van der Waals surface area contributed by atoms with Gasteiger partial charge in [-0.3, -0.25) is 4.72 Å². The van der Waals surface area contributed by atoms with E-state index in [0.29, 0.717) is 6.07 Å². The van der Waals surface area contributed by atoms with E-state index in [1.165, 1.54) is 12.1 Å². The monoisotopic (exact) mass is 298 g/mol. The van der Waals surface area contributed by atoms with Crippen LogP contribution in [-0.2, 0) is 10.0 Å². The Balaban J connectivity index is 2.40. The highest BCUT2D eigenvalue weighted by Crippen LogP contribution is 2.23. The van der Waals surface area contributed by atoms with E-state index in [-0.39, 0.29) is 16.3 Å². The van der Waals surface area contributed by atoms with E-state index in [1.54, 1.807) is 13.0 Å². The lowest BCUT2D eigenvalue weighted by Crippen LogP contribution is -2.15. The number of nitrogen functional groups attached to an aromatic ring is 1. The first kappa shape index (κ1) is 14.3. The Labute approximate surface area is 115 Å². The third-order valence-electron chi connectivity index (χ3n) is 2.57. The van der Waals surface area contributed by atoms with Crippen LogP contribution >= 0.6 is 0 Å². The number of sulfonamides is 1. The molecular formula is C13H12F2N2O2S. The lowest BCUT2D eigenvalue weighted by molar-refractivity contribution is 0.584. The molecular weight excluding hydrogens is 286 g/mol. The van der Waals surface area contributed by atoms with Gasteiger partial charge in [-0.1, -0.05) is 6.07 Å². The zero-order valence-electron chi connectivity index (χ0n) is 10.5. The summed E-state index contributed by atoms with van der Waals surface area (Å²) < 4.78 is 52.4. The molecule has 0 aliphatic carbocycles. The van der Waals surface area contributed by atoms with E-state index in [9.17, 15) is 17.2 Å². The molecule has 2 aromatic rings. The second-order valence-electron chi connectivity index (χ2n) is 4.30. The van der Waals surface area contributed by atoms with Gasteiger partial charge in [0.05, 0.1) is 11.4 Å². The third kappa shape index (κ3) is 3.05. The van der Waals surface area contributed by atoms with Crippen molar-refractivity contribution in [2.24, 2.45) is 0 Å². The predicted octanol–water partition coefficient (Wildman–Crippen LogP) is 2.66. The van der Waals surface area contributed by atoms with Crippen LogP contribution in [0.5, 0.6) is 0 Å². The number of nitrogens with one attached hydrogen (secondary N) is 1. The van der Waals surface area contributed by atoms with E-state index in [0.717, 1.165) is 17.7 Å². The van der Waals surface area contributed by atoms with Gasteiger partial charge in [-0.05, 0) is 36.8 Å². The maximum Gasteiger partial charge on any atom is 0.263 e. The number of aryl methyl sites for hydroxylation is 1. The minimum atomic E-state index is -4.00. The van der Waals surface area contributed by atoms with Gasteiger partial charge < -0.3 is 5.73 Å². The summed E-state index contributed by atoms with van der Waals surface area (Å²) in [7, 11) is -4.00. The van der Waals surface area contributed by atoms with Crippen molar-refractivity contribution in [3.05, 3.63) is 53.6 Å². The third-order valence-corrected chi connectivity index (χ3v) is 4.02. The quantitative estimate of drug-likeness (QED) is 0.856. The van der Waals surface area contributed by atoms with Crippen molar-refractivity contribution in [3.8, 4) is 0 Å². The normalized spacial score (nSPS) is 11.3. The van der Waals surface area contributed by atoms with Crippen molar-refractivity contribution in [2.75, 3.05) is 10.5 Å². The molecule has 3 N–H and O–H groups in total. The first-order chi connectivity index (χ1) is 9.28. The van der Waals surface area contributed by atoms with Crippen LogP contribution in [-0.4, -0.2) is 8.42 Å². The molecule has 2 rings (SSSR count). The molecule has 0 heterocycles. The van der Waals surface area contributed by atoms with Crippen molar-refractivity contribution in [3.63, 3.8) is 0 Å². The number of anilines is 2. The minimum absolute atomic E-state index is 0.0642. The standard InChI is InChI=1S/C13H12F2N2O2S/c1-8-2-3-13(12(16)4-8)20(18,19)17-11-6-9(14)5-10(15)7-11/h2-7,17H,16H2,1H3. The smallest absolute Gasteiger partial charge is 0.263 e. The second kappa shape index (κ2) is 5.09. The average Bonchev–Trinajstić information content (AvgIpc) is 2.25. The molecule has 20 heavy (non-hydrogen) atoms. The van der Waals surface area contributed by atoms with E-state index in [1.807, 2.05) is 0 Å². The maximum absolute atomic E-state index is 13.0. The van der Waals surface area contributed by atoms with Gasteiger partial charge in [0.15, 0.2) is 0 Å². The fourth-order valence-electron chi connectivity index (χ4n) is 1.74. The number of rotatable bonds is 3. The summed E-state index contributed by atoms with van der Waals surface area (Å²) in [5.41, 5.74) is 6.32. The van der Waals surface area contributed by atoms with Gasteiger partial charge >= 0.3 is 0 Å². The van der Waals surface area contributed by atoms with E-state index < -0.39 is 21.7 Å². The Hall–Kier alpha value is -2.15. The van der Waals surface area contributed by atoms with Crippen LogP contribution in [0.1, 0.15) is 5.56 Å². The highest BCUT2D eigenvalue weighted by Gasteiger charge is 2.18. The Morgan fingerprint density at radius 3 is 2.20 bits per heavy atom. The number of hydrogen-bond acceptors (Lipinski definition) is 3. The van der Waals surface area contributed by atoms with Crippen LogP contribution in [0.3, 0.4) is 0 Å². The number of benzene rings is 2. The molecule has 0 fully saturated rings. The Morgan fingerprint density at radius 2 is 1.65 bits per heavy atom. The zero-order chi connectivity index (χ0) is 14.9. The van der Waals surface area contributed by atoms with Crippen LogP contribution in [0, 0.1) is 18.6 Å². The lowest BCUT2D eigenvalue weighted by Gasteiger charge is -2.11. The van der Waals surface area contributed by atoms with Gasteiger partial charge in [-0.2, -0.15) is 0 Å². The van der Waals surface area contributed by atoms with Gasteiger partial charge in [-0.25, -0.2) is 17.2 Å². The Morgan fingerprint density at radius 1 is 1.05 bits per heavy atom. The summed E-state index contributed by atoms with van der Waals surface area (Å²) >= 11 is 0. The molecule has 0 aliphatic rings. The van der Waals surface area contributed by atoms with Crippen LogP contribution in [0.4, 0.5) is 20.2 Å². The molecule has 0 spiro atoms. The summed E-state index contributed by atoms with van der Waals surface area (Å²) in [6.07, 6.45) is 0. The first-order valence-corrected chi connectivity index (χ1v) is 7.11. The van der Waals surface area contributed by atoms with Gasteiger partial charge in [0.2, 0.25) is 0 Å². The fourth-order valence-corrected chi connectivity index (χ4v) is 2.89. The molecule has 7 heteroatoms. The average molecular weight is 298 g/mol. The zero-order valence-corrected chi connectivity index (χ0v) is 11.3. The molecule has 2 aromatic carbocycles. The highest BCUT2D eigenvalue weighted by molar-refractivity contribution is 7.92. The molecule has 0 aliphatic heterocycles. The van der Waals surface area contributed by atoms with E-state index in [4.69, 9.17) is 5.73 Å². The molecule has 106 valence electrons. The van der Waals surface area contributed by atoms with E-state index in [2.05, 4.69) is 4.72 Å². The Kier molecular flexibility index (Phi) is 3.63. The molecule has 0 bridgehead atoms. The van der Waals surface area contributed by atoms with Gasteiger partial charge in [0.1, 0.15) is 16.5 Å². The van der Waals surface area contributed by atoms with Gasteiger partial charge in [0.25, 0.3) is 10.0 Å². The van der Waals surface area contributed by atoms with Crippen LogP contribution in [0.25, 0.3) is 0 Å². The molecule has 0 amide bonds. The molecule has 0 atom stereocenters. The summed E-state index contributed by atoms with van der Waals surface area (Å²) in [5, 5.41) is 0. The number of nitrogens with two attached hydrogens (primary N) is 1. The van der Waals surface area contributed by atoms with Crippen molar-refractivity contribution in [1.82, 2.24) is 0 Å². The van der Waals surface area contributed by atoms with Gasteiger partial charge in [0, 0.05) is 6.07 Å². The van der Waals surface area contributed by atoms with Crippen LogP contribution < -0.4 is 10.5 Å². The van der Waals surface area contributed by atoms with Crippen molar-refractivity contribution >= 4 is 21.4 Å². The lowest BCUT2D eigenvalue weighted by atomic mass is 10.2. The molecule has 0 radical (unpaired) electrons. The fraction of sp³-hybridized carbons (Fsp3) is 0.0769. The van der Waals surface area contributed by atoms with Crippen molar-refractivity contribution in [2.45, 2.75) is 11.8 Å². The summed E-state index contributed by atoms with van der Waals surface area (Å²) in [6.45, 7) is 1.77. The summed E-state index contributed by atoms with van der Waals surface area (Å²) in [6, 6.07) is 6.83. The topological polar surface area (TPSA) is 72.2 Å². The largest absolute Gasteiger partial charge is 0.398 e. The molecule has 4 nitrogen and oxygen atoms in total. The Bertz CT molecular complexity index is 741. The molecule has 0 aromatic heterocycles. The van der Waals surface area contributed by atoms with Crippen LogP contribution in [0.2, 0.25) is 0 Å². The van der Waals surface area contributed by atoms with Gasteiger partial charge in [-0.15, -0.1) is 0 Å². The van der Waals surface area contributed by atoms with E-state index >= 15 is 0 Å². The number of hydrogen-bond donors (Lipinski definition) is 2. The van der Waals surface area contributed by atoms with Crippen molar-refractivity contribution < 1.29 is 17.2 Å². The summed E-state index contributed by atoms with van der Waals surface area (Å²) in [4.78, 5) is -0.146. The molecule has 0 unspecified atom stereocenters. The highest BCUT2D eigenvalue weighted by atomic mass is 32.2. The minimum Gasteiger partial charge on any atom is -0.398 e. The molecule has 0 saturated heterocycles. The number of halogens is 2. The predicted molar refractivity (Wildman–Crippen MR) is 72.8 cm³/mol. The summed E-state index contributed by atoms with van der Waals surface area (Å²) in [5.74, 6) is -1.75. The second-order valence-corrected chi connectivity index (χ2v) is 5.96. The van der Waals surface area contributed by atoms with Crippen LogP contribution in [0.15, 0.2) is 41.3 Å². The SMILES string of the molecule is Cc1ccc(S(=O)(=O)Nc2cc(F)cc(F)c2)c(N)c1.